The van der Waals surface area contributed by atoms with Crippen molar-refractivity contribution < 1.29 is 26.1 Å². The van der Waals surface area contributed by atoms with Gasteiger partial charge in [-0.15, -0.1) is 0 Å². The van der Waals surface area contributed by atoms with Gasteiger partial charge in [-0.3, -0.25) is 4.55 Å². The number of benzene rings is 3. The van der Waals surface area contributed by atoms with Crippen molar-refractivity contribution >= 4 is 47.7 Å². The van der Waals surface area contributed by atoms with Crippen LogP contribution in [0.15, 0.2) is 40.1 Å². The van der Waals surface area contributed by atoms with Crippen molar-refractivity contribution in [2.75, 3.05) is 18.0 Å². The van der Waals surface area contributed by atoms with E-state index in [-0.39, 0.29) is 5.56 Å². The Balaban J connectivity index is 1.79. The number of rotatable bonds is 9. The van der Waals surface area contributed by atoms with Crippen molar-refractivity contribution in [2.45, 2.75) is 87.8 Å². The molecule has 1 N–H and O–H groups in total. The molecule has 3 aromatic rings. The topological polar surface area (TPSA) is 101 Å². The third kappa shape index (κ3) is 5.46. The fourth-order valence-corrected chi connectivity index (χ4v) is 8.65. The summed E-state index contributed by atoms with van der Waals surface area (Å²) in [5, 5.41) is 1.67. The smallest absolute Gasteiger partial charge is 0.295 e. The summed E-state index contributed by atoms with van der Waals surface area (Å²) in [5.41, 5.74) is 7.15. The first kappa shape index (κ1) is 31.1. The second-order valence-corrected chi connectivity index (χ2v) is 16.0. The summed E-state index contributed by atoms with van der Waals surface area (Å²) in [6.07, 6.45) is 9.16. The van der Waals surface area contributed by atoms with Crippen LogP contribution in [0.4, 0.5) is 5.69 Å². The Kier molecular flexibility index (Phi) is 8.37. The standard InChI is InChI=1S/C34H38ClNO6S2/c1-4-6-10-22-18-28-31(26-15-14-24(43(35,37)38)20-30(26)44(39,40)41)29-19-23-11-8-16-36-17-9-13-27(32(23)36)34(29)42-33(28)25(21(22)3)12-7-5-2/h14-15,18-20H,3-13,16-17H2,1-2H3,(H,39,40,41). The van der Waals surface area contributed by atoms with Crippen LogP contribution in [0.3, 0.4) is 0 Å². The highest BCUT2D eigenvalue weighted by molar-refractivity contribution is 8.13. The van der Waals surface area contributed by atoms with E-state index < -0.39 is 29.0 Å². The third-order valence-corrected chi connectivity index (χ3v) is 11.4. The molecule has 0 atom stereocenters. The van der Waals surface area contributed by atoms with Crippen LogP contribution in [0.2, 0.25) is 0 Å². The van der Waals surface area contributed by atoms with Gasteiger partial charge < -0.3 is 9.64 Å². The Morgan fingerprint density at radius 3 is 2.32 bits per heavy atom. The lowest BCUT2D eigenvalue weighted by Crippen LogP contribution is -2.35. The van der Waals surface area contributed by atoms with Crippen LogP contribution >= 0.6 is 10.7 Å². The first-order valence-corrected chi connectivity index (χ1v) is 19.3. The summed E-state index contributed by atoms with van der Waals surface area (Å²) in [6.45, 7) is 10.8. The molecule has 3 heterocycles. The second-order valence-electron chi connectivity index (χ2n) is 12.1. The van der Waals surface area contributed by atoms with Gasteiger partial charge in [0.2, 0.25) is 0 Å². The Labute approximate surface area is 264 Å². The zero-order valence-electron chi connectivity index (χ0n) is 25.2. The number of fused-ring (bicyclic) bond motifs is 3. The van der Waals surface area contributed by atoms with Gasteiger partial charge in [0.25, 0.3) is 19.2 Å². The van der Waals surface area contributed by atoms with Crippen LogP contribution in [0.5, 0.6) is 11.5 Å². The highest BCUT2D eigenvalue weighted by atomic mass is 35.7. The molecule has 234 valence electrons. The molecule has 0 radical (unpaired) electrons. The molecule has 0 fully saturated rings. The van der Waals surface area contributed by atoms with Gasteiger partial charge in [0, 0.05) is 62.5 Å². The lowest BCUT2D eigenvalue weighted by Gasteiger charge is -2.39. The first-order valence-electron chi connectivity index (χ1n) is 15.5. The summed E-state index contributed by atoms with van der Waals surface area (Å²) < 4.78 is 67.8. The number of anilines is 1. The first-order chi connectivity index (χ1) is 20.9. The Morgan fingerprint density at radius 1 is 0.932 bits per heavy atom. The summed E-state index contributed by atoms with van der Waals surface area (Å²) >= 11 is 0. The number of hydrogen-bond donors (Lipinski definition) is 1. The largest absolute Gasteiger partial charge is 0.455 e. The van der Waals surface area contributed by atoms with Crippen molar-refractivity contribution in [3.05, 3.63) is 74.1 Å². The highest BCUT2D eigenvalue weighted by Crippen LogP contribution is 2.49. The van der Waals surface area contributed by atoms with Crippen molar-refractivity contribution in [1.82, 2.24) is 0 Å². The van der Waals surface area contributed by atoms with Gasteiger partial charge in [-0.1, -0.05) is 39.3 Å². The van der Waals surface area contributed by atoms with Gasteiger partial charge in [0.15, 0.2) is 0 Å². The highest BCUT2D eigenvalue weighted by Gasteiger charge is 2.35. The Hall–Kier alpha value is -2.85. The number of nitrogens with zero attached hydrogens (tertiary/aromatic N) is 1. The molecule has 0 saturated carbocycles. The van der Waals surface area contributed by atoms with Crippen LogP contribution < -0.4 is 20.1 Å². The van der Waals surface area contributed by atoms with Gasteiger partial charge in [-0.05, 0) is 92.0 Å². The summed E-state index contributed by atoms with van der Waals surface area (Å²) in [6, 6.07) is 7.85. The molecule has 0 aliphatic carbocycles. The molecule has 0 amide bonds. The van der Waals surface area contributed by atoms with E-state index >= 15 is 0 Å². The quantitative estimate of drug-likeness (QED) is 0.174. The van der Waals surface area contributed by atoms with Crippen molar-refractivity contribution in [2.24, 2.45) is 0 Å². The number of halogens is 1. The van der Waals surface area contributed by atoms with Crippen molar-refractivity contribution in [3.8, 4) is 11.5 Å². The number of unbranched alkanes of at least 4 members (excludes halogenated alkanes) is 2. The number of ether oxygens (including phenoxy) is 1. The maximum atomic E-state index is 12.9. The van der Waals surface area contributed by atoms with E-state index in [0.29, 0.717) is 17.1 Å². The SMILES string of the molecule is C=c1c(CCCC)cc2c(c1CCCC)Oc1c(cc3c4c1CCCN4CCC3)C=2c1ccc(S(=O)(=O)Cl)cc1S(=O)(=O)O. The van der Waals surface area contributed by atoms with Crippen molar-refractivity contribution in [3.63, 3.8) is 0 Å². The molecule has 3 aliphatic rings. The summed E-state index contributed by atoms with van der Waals surface area (Å²) in [7, 11) is -3.50. The second kappa shape index (κ2) is 11.8. The molecule has 3 aliphatic heterocycles. The third-order valence-electron chi connectivity index (χ3n) is 9.17. The lowest BCUT2D eigenvalue weighted by atomic mass is 9.83. The molecule has 0 spiro atoms. The molecule has 0 saturated heterocycles. The maximum absolute atomic E-state index is 12.9. The van der Waals surface area contributed by atoms with Crippen molar-refractivity contribution in [1.29, 1.82) is 0 Å². The normalized spacial score (nSPS) is 15.8. The molecule has 0 unspecified atom stereocenters. The minimum absolute atomic E-state index is 0.206. The molecule has 7 nitrogen and oxygen atoms in total. The van der Waals surface area contributed by atoms with Crippen LogP contribution in [-0.4, -0.2) is 34.5 Å². The molecule has 10 heteroatoms. The lowest BCUT2D eigenvalue weighted by molar-refractivity contribution is 0.452. The molecule has 0 aromatic heterocycles. The molecule has 6 rings (SSSR count). The Morgan fingerprint density at radius 2 is 1.64 bits per heavy atom. The average molecular weight is 656 g/mol. The molecular weight excluding hydrogens is 618 g/mol. The van der Waals surface area contributed by atoms with Gasteiger partial charge in [-0.2, -0.15) is 8.42 Å². The van der Waals surface area contributed by atoms with E-state index in [2.05, 4.69) is 37.5 Å². The average Bonchev–Trinajstić information content (AvgIpc) is 2.98. The number of hydrogen-bond acceptors (Lipinski definition) is 6. The fraction of sp³-hybridized carbons (Fsp3) is 0.412. The monoisotopic (exact) mass is 655 g/mol. The van der Waals surface area contributed by atoms with E-state index in [1.165, 1.54) is 23.4 Å². The Bertz CT molecular complexity index is 2000. The molecule has 44 heavy (non-hydrogen) atoms. The van der Waals surface area contributed by atoms with Crippen LogP contribution in [0.25, 0.3) is 12.2 Å². The minimum Gasteiger partial charge on any atom is -0.455 e. The van der Waals surface area contributed by atoms with Gasteiger partial charge in [0.1, 0.15) is 16.4 Å². The summed E-state index contributed by atoms with van der Waals surface area (Å²) in [4.78, 5) is 1.52. The van der Waals surface area contributed by atoms with Gasteiger partial charge in [0.05, 0.1) is 4.90 Å². The van der Waals surface area contributed by atoms with Crippen LogP contribution in [0.1, 0.15) is 85.8 Å². The zero-order valence-corrected chi connectivity index (χ0v) is 27.6. The predicted octanol–water partition coefficient (Wildman–Crippen LogP) is 6.01. The van der Waals surface area contributed by atoms with E-state index in [1.807, 2.05) is 0 Å². The van der Waals surface area contributed by atoms with E-state index in [9.17, 15) is 21.4 Å². The van der Waals surface area contributed by atoms with E-state index in [1.54, 1.807) is 0 Å². The fourth-order valence-electron chi connectivity index (χ4n) is 7.08. The van der Waals surface area contributed by atoms with Gasteiger partial charge in [-0.25, -0.2) is 8.42 Å². The molecule has 0 bridgehead atoms. The van der Waals surface area contributed by atoms with Crippen LogP contribution in [-0.2, 0) is 44.9 Å². The molecule has 3 aromatic carbocycles. The van der Waals surface area contributed by atoms with Gasteiger partial charge >= 0.3 is 0 Å². The molecular formula is C34H38ClNO6S2. The minimum atomic E-state index is -4.86. The van der Waals surface area contributed by atoms with Crippen LogP contribution in [0, 0.1) is 0 Å². The predicted molar refractivity (Wildman–Crippen MR) is 175 cm³/mol. The van der Waals surface area contributed by atoms with E-state index in [4.69, 9.17) is 15.4 Å². The van der Waals surface area contributed by atoms with E-state index in [0.717, 1.165) is 116 Å². The number of aryl methyl sites for hydroxylation is 2. The zero-order chi connectivity index (χ0) is 31.4. The summed E-state index contributed by atoms with van der Waals surface area (Å²) in [5.74, 6) is 1.36. The maximum Gasteiger partial charge on any atom is 0.295 e.